The first-order valence-electron chi connectivity index (χ1n) is 7.42. The van der Waals surface area contributed by atoms with E-state index in [4.69, 9.17) is 16.3 Å². The Morgan fingerprint density at radius 3 is 2.96 bits per heavy atom. The Balaban J connectivity index is 1.80. The van der Waals surface area contributed by atoms with Crippen LogP contribution in [0, 0.1) is 5.92 Å². The molecule has 0 saturated heterocycles. The minimum Gasteiger partial charge on any atom is -0.492 e. The van der Waals surface area contributed by atoms with Crippen LogP contribution in [0.15, 0.2) is 41.0 Å². The van der Waals surface area contributed by atoms with Gasteiger partial charge in [-0.3, -0.25) is 9.69 Å². The molecule has 1 aromatic carbocycles. The third kappa shape index (κ3) is 3.51. The molecule has 1 aliphatic heterocycles. The lowest BCUT2D eigenvalue weighted by Gasteiger charge is -2.29. The number of hydrogen-bond donors (Lipinski definition) is 0. The van der Waals surface area contributed by atoms with E-state index in [1.807, 2.05) is 31.2 Å². The van der Waals surface area contributed by atoms with E-state index in [9.17, 15) is 4.79 Å². The van der Waals surface area contributed by atoms with Crippen LogP contribution >= 0.6 is 27.5 Å². The number of aromatic nitrogens is 1. The van der Waals surface area contributed by atoms with Gasteiger partial charge in [0.2, 0.25) is 5.91 Å². The SMILES string of the molecule is CCN(C(=O)C1COc2ccc(Cl)cc2C1)c1ccc(Br)cn1. The Hall–Kier alpha value is -1.59. The quantitative estimate of drug-likeness (QED) is 0.786. The Labute approximate surface area is 148 Å². The fourth-order valence-corrected chi connectivity index (χ4v) is 3.13. The third-order valence-corrected chi connectivity index (χ3v) is 4.55. The van der Waals surface area contributed by atoms with E-state index in [0.717, 1.165) is 15.8 Å². The molecule has 1 amide bonds. The summed E-state index contributed by atoms with van der Waals surface area (Å²) in [5.74, 6) is 1.25. The summed E-state index contributed by atoms with van der Waals surface area (Å²) in [6, 6.07) is 9.23. The molecule has 0 radical (unpaired) electrons. The molecular weight excluding hydrogens is 380 g/mol. The molecule has 0 N–H and O–H groups in total. The average Bonchev–Trinajstić information content (AvgIpc) is 2.56. The predicted octanol–water partition coefficient (Wildman–Crippen LogP) is 4.10. The van der Waals surface area contributed by atoms with Crippen LogP contribution in [-0.2, 0) is 11.2 Å². The van der Waals surface area contributed by atoms with Gasteiger partial charge in [0.15, 0.2) is 0 Å². The van der Waals surface area contributed by atoms with E-state index in [2.05, 4.69) is 20.9 Å². The van der Waals surface area contributed by atoms with Gasteiger partial charge in [-0.25, -0.2) is 4.98 Å². The lowest BCUT2D eigenvalue weighted by atomic mass is 9.95. The molecule has 120 valence electrons. The van der Waals surface area contributed by atoms with Crippen molar-refractivity contribution in [2.24, 2.45) is 5.92 Å². The van der Waals surface area contributed by atoms with E-state index in [0.29, 0.717) is 30.4 Å². The second-order valence-corrected chi connectivity index (χ2v) is 6.73. The van der Waals surface area contributed by atoms with Gasteiger partial charge in [-0.2, -0.15) is 0 Å². The zero-order valence-electron chi connectivity index (χ0n) is 12.6. The van der Waals surface area contributed by atoms with Crippen LogP contribution in [-0.4, -0.2) is 24.0 Å². The summed E-state index contributed by atoms with van der Waals surface area (Å²) in [5, 5.41) is 0.655. The van der Waals surface area contributed by atoms with E-state index >= 15 is 0 Å². The zero-order chi connectivity index (χ0) is 16.4. The first-order chi connectivity index (χ1) is 11.1. The van der Waals surface area contributed by atoms with Gasteiger partial charge in [0.05, 0.1) is 5.92 Å². The van der Waals surface area contributed by atoms with Gasteiger partial charge < -0.3 is 4.74 Å². The van der Waals surface area contributed by atoms with Crippen LogP contribution in [0.1, 0.15) is 12.5 Å². The van der Waals surface area contributed by atoms with Crippen molar-refractivity contribution in [1.82, 2.24) is 4.98 Å². The van der Waals surface area contributed by atoms with Gasteiger partial charge in [0, 0.05) is 22.2 Å². The second kappa shape index (κ2) is 6.89. The number of fused-ring (bicyclic) bond motifs is 1. The van der Waals surface area contributed by atoms with Gasteiger partial charge in [-0.1, -0.05) is 11.6 Å². The van der Waals surface area contributed by atoms with Crippen molar-refractivity contribution in [1.29, 1.82) is 0 Å². The second-order valence-electron chi connectivity index (χ2n) is 5.38. The molecule has 0 spiro atoms. The van der Waals surface area contributed by atoms with Gasteiger partial charge >= 0.3 is 0 Å². The number of amides is 1. The summed E-state index contributed by atoms with van der Waals surface area (Å²) in [7, 11) is 0. The highest BCUT2D eigenvalue weighted by molar-refractivity contribution is 9.10. The number of hydrogen-bond acceptors (Lipinski definition) is 3. The number of anilines is 1. The van der Waals surface area contributed by atoms with Crippen molar-refractivity contribution in [3.63, 3.8) is 0 Å². The molecular formula is C17H16BrClN2O2. The van der Waals surface area contributed by atoms with Crippen molar-refractivity contribution < 1.29 is 9.53 Å². The van der Waals surface area contributed by atoms with Crippen LogP contribution in [0.3, 0.4) is 0 Å². The average molecular weight is 396 g/mol. The Morgan fingerprint density at radius 2 is 2.26 bits per heavy atom. The highest BCUT2D eigenvalue weighted by Gasteiger charge is 2.30. The zero-order valence-corrected chi connectivity index (χ0v) is 15.0. The smallest absolute Gasteiger partial charge is 0.235 e. The molecule has 23 heavy (non-hydrogen) atoms. The molecule has 6 heteroatoms. The molecule has 1 aromatic heterocycles. The summed E-state index contributed by atoms with van der Waals surface area (Å²) >= 11 is 9.40. The lowest BCUT2D eigenvalue weighted by Crippen LogP contribution is -2.41. The predicted molar refractivity (Wildman–Crippen MR) is 94.1 cm³/mol. The third-order valence-electron chi connectivity index (χ3n) is 3.85. The number of carbonyl (C=O) groups excluding carboxylic acids is 1. The van der Waals surface area contributed by atoms with Gasteiger partial charge in [-0.05, 0) is 65.2 Å². The van der Waals surface area contributed by atoms with Crippen LogP contribution in [0.2, 0.25) is 5.02 Å². The molecule has 2 heterocycles. The molecule has 1 aliphatic rings. The number of nitrogens with zero attached hydrogens (tertiary/aromatic N) is 2. The lowest BCUT2D eigenvalue weighted by molar-refractivity contribution is -0.123. The summed E-state index contributed by atoms with van der Waals surface area (Å²) in [4.78, 5) is 18.9. The Bertz CT molecular complexity index is 721. The molecule has 0 aliphatic carbocycles. The standard InChI is InChI=1S/C17H16BrClN2O2/c1-2-21(16-6-3-13(18)9-20-16)17(22)12-7-11-8-14(19)4-5-15(11)23-10-12/h3-6,8-9,12H,2,7,10H2,1H3. The number of halogens is 2. The highest BCUT2D eigenvalue weighted by atomic mass is 79.9. The highest BCUT2D eigenvalue weighted by Crippen LogP contribution is 2.31. The van der Waals surface area contributed by atoms with Gasteiger partial charge in [0.1, 0.15) is 18.2 Å². The molecule has 1 unspecified atom stereocenters. The summed E-state index contributed by atoms with van der Waals surface area (Å²) in [6.07, 6.45) is 2.32. The number of rotatable bonds is 3. The maximum Gasteiger partial charge on any atom is 0.235 e. The summed E-state index contributed by atoms with van der Waals surface area (Å²) < 4.78 is 6.61. The van der Waals surface area contributed by atoms with Crippen molar-refractivity contribution in [3.8, 4) is 5.75 Å². The maximum atomic E-state index is 12.9. The van der Waals surface area contributed by atoms with E-state index < -0.39 is 0 Å². The molecule has 0 bridgehead atoms. The minimum atomic E-state index is -0.230. The summed E-state index contributed by atoms with van der Waals surface area (Å²) in [6.45, 7) is 2.88. The molecule has 0 fully saturated rings. The monoisotopic (exact) mass is 394 g/mol. The van der Waals surface area contributed by atoms with Crippen molar-refractivity contribution >= 4 is 39.3 Å². The van der Waals surface area contributed by atoms with Gasteiger partial charge in [-0.15, -0.1) is 0 Å². The molecule has 0 saturated carbocycles. The van der Waals surface area contributed by atoms with Crippen molar-refractivity contribution in [3.05, 3.63) is 51.6 Å². The fraction of sp³-hybridized carbons (Fsp3) is 0.294. The Morgan fingerprint density at radius 1 is 1.43 bits per heavy atom. The van der Waals surface area contributed by atoms with Crippen LogP contribution in [0.4, 0.5) is 5.82 Å². The molecule has 3 rings (SSSR count). The normalized spacial score (nSPS) is 16.4. The van der Waals surface area contributed by atoms with Crippen molar-refractivity contribution in [2.45, 2.75) is 13.3 Å². The van der Waals surface area contributed by atoms with Crippen molar-refractivity contribution in [2.75, 3.05) is 18.1 Å². The molecule has 1 atom stereocenters. The van der Waals surface area contributed by atoms with Crippen LogP contribution < -0.4 is 9.64 Å². The number of pyridine rings is 1. The van der Waals surface area contributed by atoms with Crippen LogP contribution in [0.5, 0.6) is 5.75 Å². The van der Waals surface area contributed by atoms with E-state index in [-0.39, 0.29) is 11.8 Å². The first kappa shape index (κ1) is 16.3. The van der Waals surface area contributed by atoms with E-state index in [1.54, 1.807) is 17.2 Å². The van der Waals surface area contributed by atoms with Gasteiger partial charge in [0.25, 0.3) is 0 Å². The minimum absolute atomic E-state index is 0.0212. The number of ether oxygens (including phenoxy) is 1. The summed E-state index contributed by atoms with van der Waals surface area (Å²) in [5.41, 5.74) is 0.974. The number of carbonyl (C=O) groups is 1. The molecule has 2 aromatic rings. The largest absolute Gasteiger partial charge is 0.492 e. The van der Waals surface area contributed by atoms with E-state index in [1.165, 1.54) is 0 Å². The maximum absolute atomic E-state index is 12.9. The topological polar surface area (TPSA) is 42.4 Å². The first-order valence-corrected chi connectivity index (χ1v) is 8.59. The number of benzene rings is 1. The Kier molecular flexibility index (Phi) is 4.87. The molecule has 4 nitrogen and oxygen atoms in total. The van der Waals surface area contributed by atoms with Crippen LogP contribution in [0.25, 0.3) is 0 Å². The fourth-order valence-electron chi connectivity index (χ4n) is 2.70.